The number of aromatic amines is 1. The zero-order valence-corrected chi connectivity index (χ0v) is 16.4. The quantitative estimate of drug-likeness (QED) is 0.525. The lowest BCUT2D eigenvalue weighted by Crippen LogP contribution is -2.17. The van der Waals surface area contributed by atoms with Crippen LogP contribution >= 0.6 is 0 Å². The van der Waals surface area contributed by atoms with Crippen LogP contribution in [0.1, 0.15) is 11.3 Å². The normalized spacial score (nSPS) is 10.9. The Hall–Kier alpha value is -3.81. The minimum Gasteiger partial charge on any atom is -0.497 e. The smallest absolute Gasteiger partial charge is 0.274 e. The van der Waals surface area contributed by atoms with Gasteiger partial charge in [-0.05, 0) is 25.1 Å². The zero-order valence-electron chi connectivity index (χ0n) is 16.4. The fourth-order valence-corrected chi connectivity index (χ4v) is 3.07. The number of ether oxygens (including phenoxy) is 2. The summed E-state index contributed by atoms with van der Waals surface area (Å²) in [5.74, 6) is 2.27. The zero-order chi connectivity index (χ0) is 20.4. The molecule has 148 valence electrons. The largest absolute Gasteiger partial charge is 0.497 e. The molecule has 2 N–H and O–H groups in total. The molecule has 2 heterocycles. The standard InChI is InChI=1S/C21H21N5O3/c1-13-5-4-6-14(9-13)20-24-21-23-15(10-19(27)26(21)25-20)12-22-17-8-7-16(28-2)11-18(17)29-3/h4-11,22H,12H2,1-3H3,(H,23,24,25). The molecule has 0 spiro atoms. The van der Waals surface area contributed by atoms with Crippen LogP contribution in [-0.4, -0.2) is 33.8 Å². The Balaban J connectivity index is 1.61. The van der Waals surface area contributed by atoms with E-state index in [0.717, 1.165) is 16.8 Å². The van der Waals surface area contributed by atoms with Crippen LogP contribution in [-0.2, 0) is 6.54 Å². The number of hydrogen-bond donors (Lipinski definition) is 2. The number of fused-ring (bicyclic) bond motifs is 1. The van der Waals surface area contributed by atoms with Crippen molar-refractivity contribution in [2.24, 2.45) is 0 Å². The molecule has 0 bridgehead atoms. The summed E-state index contributed by atoms with van der Waals surface area (Å²) in [7, 11) is 3.19. The van der Waals surface area contributed by atoms with E-state index in [4.69, 9.17) is 9.47 Å². The van der Waals surface area contributed by atoms with Gasteiger partial charge in [0.15, 0.2) is 5.82 Å². The summed E-state index contributed by atoms with van der Waals surface area (Å²) >= 11 is 0. The molecule has 2 aromatic heterocycles. The number of aromatic nitrogens is 4. The van der Waals surface area contributed by atoms with Crippen LogP contribution in [0.5, 0.6) is 11.5 Å². The lowest BCUT2D eigenvalue weighted by atomic mass is 10.1. The van der Waals surface area contributed by atoms with Gasteiger partial charge in [-0.2, -0.15) is 9.50 Å². The van der Waals surface area contributed by atoms with Crippen LogP contribution in [0.4, 0.5) is 5.69 Å². The summed E-state index contributed by atoms with van der Waals surface area (Å²) in [5.41, 5.74) is 3.15. The third-order valence-corrected chi connectivity index (χ3v) is 4.54. The van der Waals surface area contributed by atoms with E-state index in [-0.39, 0.29) is 5.56 Å². The summed E-state index contributed by atoms with van der Waals surface area (Å²) in [4.78, 5) is 21.5. The van der Waals surface area contributed by atoms with E-state index in [1.807, 2.05) is 43.3 Å². The van der Waals surface area contributed by atoms with Gasteiger partial charge in [0, 0.05) is 17.7 Å². The van der Waals surface area contributed by atoms with Crippen molar-refractivity contribution >= 4 is 11.5 Å². The number of hydrogen-bond acceptors (Lipinski definition) is 6. The first kappa shape index (κ1) is 18.5. The van der Waals surface area contributed by atoms with Crippen molar-refractivity contribution in [3.63, 3.8) is 0 Å². The Morgan fingerprint density at radius 1 is 1.07 bits per heavy atom. The minimum absolute atomic E-state index is 0.222. The van der Waals surface area contributed by atoms with Gasteiger partial charge in [0.05, 0.1) is 32.1 Å². The van der Waals surface area contributed by atoms with Gasteiger partial charge in [0.25, 0.3) is 11.3 Å². The van der Waals surface area contributed by atoms with E-state index in [0.29, 0.717) is 35.3 Å². The summed E-state index contributed by atoms with van der Waals surface area (Å²) in [5, 5.41) is 6.26. The highest BCUT2D eigenvalue weighted by Crippen LogP contribution is 2.29. The number of rotatable bonds is 6. The molecule has 0 amide bonds. The first-order valence-electron chi connectivity index (χ1n) is 9.09. The van der Waals surface area contributed by atoms with Gasteiger partial charge in [-0.1, -0.05) is 23.8 Å². The average Bonchev–Trinajstić information content (AvgIpc) is 3.17. The lowest BCUT2D eigenvalue weighted by Gasteiger charge is -2.12. The van der Waals surface area contributed by atoms with Crippen molar-refractivity contribution in [2.75, 3.05) is 19.5 Å². The van der Waals surface area contributed by atoms with Crippen molar-refractivity contribution in [1.82, 2.24) is 19.6 Å². The maximum absolute atomic E-state index is 12.5. The van der Waals surface area contributed by atoms with Crippen LogP contribution in [0.3, 0.4) is 0 Å². The molecule has 0 fully saturated rings. The SMILES string of the molecule is COc1ccc(NCc2cc(=O)n3[nH]c(-c4cccc(C)c4)nc3n2)c(OC)c1. The molecule has 0 atom stereocenters. The fraction of sp³-hybridized carbons (Fsp3) is 0.190. The Kier molecular flexibility index (Phi) is 4.90. The number of anilines is 1. The third kappa shape index (κ3) is 3.77. The van der Waals surface area contributed by atoms with E-state index in [1.54, 1.807) is 20.3 Å². The Labute approximate surface area is 167 Å². The highest BCUT2D eigenvalue weighted by atomic mass is 16.5. The van der Waals surface area contributed by atoms with Gasteiger partial charge in [-0.15, -0.1) is 0 Å². The van der Waals surface area contributed by atoms with E-state index >= 15 is 0 Å². The van der Waals surface area contributed by atoms with Gasteiger partial charge < -0.3 is 14.8 Å². The van der Waals surface area contributed by atoms with Crippen molar-refractivity contribution in [2.45, 2.75) is 13.5 Å². The van der Waals surface area contributed by atoms with E-state index in [1.165, 1.54) is 10.6 Å². The van der Waals surface area contributed by atoms with Crippen LogP contribution in [0.25, 0.3) is 17.2 Å². The molecule has 0 saturated carbocycles. The topological polar surface area (TPSA) is 93.5 Å². The molecule has 4 rings (SSSR count). The van der Waals surface area contributed by atoms with Gasteiger partial charge in [-0.25, -0.2) is 4.98 Å². The predicted molar refractivity (Wildman–Crippen MR) is 111 cm³/mol. The Morgan fingerprint density at radius 2 is 1.93 bits per heavy atom. The number of nitrogens with zero attached hydrogens (tertiary/aromatic N) is 3. The van der Waals surface area contributed by atoms with Crippen molar-refractivity contribution < 1.29 is 9.47 Å². The van der Waals surface area contributed by atoms with Crippen molar-refractivity contribution in [1.29, 1.82) is 0 Å². The van der Waals surface area contributed by atoms with Crippen LogP contribution in [0.15, 0.2) is 53.3 Å². The first-order chi connectivity index (χ1) is 14.1. The maximum atomic E-state index is 12.5. The highest BCUT2D eigenvalue weighted by molar-refractivity contribution is 5.60. The number of benzene rings is 2. The van der Waals surface area contributed by atoms with E-state index in [9.17, 15) is 4.79 Å². The summed E-state index contributed by atoms with van der Waals surface area (Å²) in [6, 6.07) is 14.9. The number of nitrogens with one attached hydrogen (secondary N) is 2. The van der Waals surface area contributed by atoms with Gasteiger partial charge in [0.1, 0.15) is 11.5 Å². The second-order valence-corrected chi connectivity index (χ2v) is 6.58. The predicted octanol–water partition coefficient (Wildman–Crippen LogP) is 3.02. The molecule has 2 aromatic carbocycles. The van der Waals surface area contributed by atoms with Gasteiger partial charge >= 0.3 is 0 Å². The molecular formula is C21H21N5O3. The molecule has 4 aromatic rings. The second kappa shape index (κ2) is 7.67. The van der Waals surface area contributed by atoms with Crippen LogP contribution in [0, 0.1) is 6.92 Å². The molecular weight excluding hydrogens is 370 g/mol. The molecule has 29 heavy (non-hydrogen) atoms. The van der Waals surface area contributed by atoms with Gasteiger partial charge in [-0.3, -0.25) is 9.89 Å². The Morgan fingerprint density at radius 3 is 2.69 bits per heavy atom. The Bertz CT molecular complexity index is 1230. The number of H-pyrrole nitrogens is 1. The molecule has 0 aliphatic rings. The monoisotopic (exact) mass is 391 g/mol. The molecule has 0 aliphatic heterocycles. The fourth-order valence-electron chi connectivity index (χ4n) is 3.07. The highest BCUT2D eigenvalue weighted by Gasteiger charge is 2.11. The summed E-state index contributed by atoms with van der Waals surface area (Å²) in [6.07, 6.45) is 0. The van der Waals surface area contributed by atoms with E-state index < -0.39 is 0 Å². The maximum Gasteiger partial charge on any atom is 0.274 e. The third-order valence-electron chi connectivity index (χ3n) is 4.54. The van der Waals surface area contributed by atoms with Crippen LogP contribution in [0.2, 0.25) is 0 Å². The van der Waals surface area contributed by atoms with Crippen LogP contribution < -0.4 is 20.3 Å². The molecule has 0 radical (unpaired) electrons. The summed E-state index contributed by atoms with van der Waals surface area (Å²) in [6.45, 7) is 2.36. The molecule has 8 nitrogen and oxygen atoms in total. The lowest BCUT2D eigenvalue weighted by molar-refractivity contribution is 0.395. The molecule has 0 aliphatic carbocycles. The molecule has 8 heteroatoms. The first-order valence-corrected chi connectivity index (χ1v) is 9.09. The summed E-state index contributed by atoms with van der Waals surface area (Å²) < 4.78 is 11.9. The molecule has 0 unspecified atom stereocenters. The number of aryl methyl sites for hydroxylation is 1. The molecule has 0 saturated heterocycles. The van der Waals surface area contributed by atoms with E-state index in [2.05, 4.69) is 20.4 Å². The minimum atomic E-state index is -0.222. The van der Waals surface area contributed by atoms with Crippen molar-refractivity contribution in [3.8, 4) is 22.9 Å². The second-order valence-electron chi connectivity index (χ2n) is 6.58. The van der Waals surface area contributed by atoms with Gasteiger partial charge in [0.2, 0.25) is 0 Å². The average molecular weight is 391 g/mol. The number of methoxy groups -OCH3 is 2. The van der Waals surface area contributed by atoms with Crippen molar-refractivity contribution in [3.05, 3.63) is 70.1 Å².